The number of carbonyl (C=O) groups is 1. The zero-order chi connectivity index (χ0) is 13.1. The van der Waals surface area contributed by atoms with Crippen molar-refractivity contribution in [3.05, 3.63) is 23.6 Å². The molecule has 2 heterocycles. The van der Waals surface area contributed by atoms with Crippen molar-refractivity contribution in [2.24, 2.45) is 0 Å². The van der Waals surface area contributed by atoms with Gasteiger partial charge in [0.2, 0.25) is 0 Å². The lowest BCUT2D eigenvalue weighted by atomic mass is 10.2. The molecule has 0 saturated carbocycles. The van der Waals surface area contributed by atoms with E-state index in [4.69, 9.17) is 10.5 Å². The summed E-state index contributed by atoms with van der Waals surface area (Å²) in [6, 6.07) is 1.33. The number of pyridine rings is 1. The van der Waals surface area contributed by atoms with Gasteiger partial charge in [0.05, 0.1) is 11.7 Å². The fourth-order valence-electron chi connectivity index (χ4n) is 2.01. The Morgan fingerprint density at radius 3 is 3.17 bits per heavy atom. The third-order valence-electron chi connectivity index (χ3n) is 2.99. The predicted octanol–water partition coefficient (Wildman–Crippen LogP) is 1.05. The van der Waals surface area contributed by atoms with Crippen LogP contribution in [0.3, 0.4) is 0 Å². The highest BCUT2D eigenvalue weighted by molar-refractivity contribution is 5.94. The summed E-state index contributed by atoms with van der Waals surface area (Å²) in [5.41, 5.74) is 5.29. The Morgan fingerprint density at radius 2 is 2.50 bits per heavy atom. The Kier molecular flexibility index (Phi) is 3.76. The van der Waals surface area contributed by atoms with Gasteiger partial charge in [-0.1, -0.05) is 0 Å². The summed E-state index contributed by atoms with van der Waals surface area (Å²) in [7, 11) is 1.63. The molecule has 1 saturated heterocycles. The van der Waals surface area contributed by atoms with E-state index in [0.717, 1.165) is 19.4 Å². The molecule has 0 aromatic carbocycles. The summed E-state index contributed by atoms with van der Waals surface area (Å²) in [5, 5.41) is 0. The minimum absolute atomic E-state index is 0.0428. The zero-order valence-electron chi connectivity index (χ0n) is 10.2. The molecule has 1 unspecified atom stereocenters. The minimum Gasteiger partial charge on any atom is -0.381 e. The summed E-state index contributed by atoms with van der Waals surface area (Å²) in [6.45, 7) is 1.18. The number of rotatable bonds is 3. The van der Waals surface area contributed by atoms with Gasteiger partial charge in [-0.05, 0) is 18.9 Å². The van der Waals surface area contributed by atoms with Gasteiger partial charge in [-0.25, -0.2) is 9.37 Å². The molecule has 5 nitrogen and oxygen atoms in total. The highest BCUT2D eigenvalue weighted by Crippen LogP contribution is 2.16. The third kappa shape index (κ3) is 2.59. The number of carbonyl (C=O) groups excluding carboxylic acids is 1. The Bertz CT molecular complexity index is 447. The van der Waals surface area contributed by atoms with E-state index in [1.54, 1.807) is 7.05 Å². The Morgan fingerprint density at radius 1 is 1.72 bits per heavy atom. The van der Waals surface area contributed by atoms with Crippen molar-refractivity contribution in [1.82, 2.24) is 9.88 Å². The van der Waals surface area contributed by atoms with E-state index in [2.05, 4.69) is 4.98 Å². The average Bonchev–Trinajstić information content (AvgIpc) is 2.84. The highest BCUT2D eigenvalue weighted by atomic mass is 19.1. The number of anilines is 1. The minimum atomic E-state index is -0.762. The largest absolute Gasteiger partial charge is 0.381 e. The molecule has 98 valence electrons. The summed E-state index contributed by atoms with van der Waals surface area (Å²) < 4.78 is 19.1. The molecule has 1 aliphatic rings. The van der Waals surface area contributed by atoms with Crippen LogP contribution in [0.2, 0.25) is 0 Å². The van der Waals surface area contributed by atoms with E-state index in [1.807, 2.05) is 0 Å². The van der Waals surface area contributed by atoms with E-state index in [-0.39, 0.29) is 17.5 Å². The first-order valence-electron chi connectivity index (χ1n) is 5.86. The van der Waals surface area contributed by atoms with E-state index < -0.39 is 11.7 Å². The van der Waals surface area contributed by atoms with Gasteiger partial charge in [0.1, 0.15) is 0 Å². The summed E-state index contributed by atoms with van der Waals surface area (Å²) >= 11 is 0. The topological polar surface area (TPSA) is 68.5 Å². The van der Waals surface area contributed by atoms with Crippen LogP contribution in [-0.4, -0.2) is 42.1 Å². The van der Waals surface area contributed by atoms with E-state index >= 15 is 0 Å². The van der Waals surface area contributed by atoms with Crippen LogP contribution in [-0.2, 0) is 4.74 Å². The van der Waals surface area contributed by atoms with Crippen LogP contribution < -0.4 is 5.73 Å². The summed E-state index contributed by atoms with van der Waals surface area (Å²) in [6.07, 6.45) is 3.30. The second-order valence-corrected chi connectivity index (χ2v) is 4.38. The van der Waals surface area contributed by atoms with Gasteiger partial charge in [-0.15, -0.1) is 0 Å². The van der Waals surface area contributed by atoms with E-state index in [1.165, 1.54) is 17.2 Å². The predicted molar refractivity (Wildman–Crippen MR) is 64.5 cm³/mol. The summed E-state index contributed by atoms with van der Waals surface area (Å²) in [4.78, 5) is 17.1. The first kappa shape index (κ1) is 12.8. The maximum absolute atomic E-state index is 13.7. The van der Waals surface area contributed by atoms with Crippen molar-refractivity contribution in [2.45, 2.75) is 18.9 Å². The molecule has 1 fully saturated rings. The third-order valence-corrected chi connectivity index (χ3v) is 2.99. The van der Waals surface area contributed by atoms with Gasteiger partial charge in [0.15, 0.2) is 11.6 Å². The maximum Gasteiger partial charge on any atom is 0.256 e. The van der Waals surface area contributed by atoms with Crippen LogP contribution in [0.15, 0.2) is 12.3 Å². The highest BCUT2D eigenvalue weighted by Gasteiger charge is 2.23. The number of nitrogens with zero attached hydrogens (tertiary/aromatic N) is 2. The first-order chi connectivity index (χ1) is 8.59. The average molecular weight is 253 g/mol. The van der Waals surface area contributed by atoms with Crippen molar-refractivity contribution in [3.63, 3.8) is 0 Å². The Hall–Kier alpha value is -1.69. The molecule has 18 heavy (non-hydrogen) atoms. The van der Waals surface area contributed by atoms with Crippen LogP contribution in [0.4, 0.5) is 10.2 Å². The standard InChI is InChI=1S/C12H16FN3O2/c1-16(7-8-3-2-6-18-8)12(17)9-4-5-15-11(14)10(9)13/h4-5,8H,2-3,6-7H2,1H3,(H2,14,15). The van der Waals surface area contributed by atoms with Gasteiger partial charge in [0, 0.05) is 26.4 Å². The molecule has 2 N–H and O–H groups in total. The molecule has 1 aliphatic heterocycles. The first-order valence-corrected chi connectivity index (χ1v) is 5.86. The molecule has 6 heteroatoms. The van der Waals surface area contributed by atoms with E-state index in [9.17, 15) is 9.18 Å². The Labute approximate surface area is 105 Å². The number of aromatic nitrogens is 1. The zero-order valence-corrected chi connectivity index (χ0v) is 10.2. The fraction of sp³-hybridized carbons (Fsp3) is 0.500. The van der Waals surface area contributed by atoms with Gasteiger partial charge >= 0.3 is 0 Å². The van der Waals surface area contributed by atoms with Crippen molar-refractivity contribution in [1.29, 1.82) is 0 Å². The van der Waals surface area contributed by atoms with Crippen LogP contribution in [0, 0.1) is 5.82 Å². The van der Waals surface area contributed by atoms with E-state index in [0.29, 0.717) is 6.54 Å². The van der Waals surface area contributed by atoms with Gasteiger partial charge < -0.3 is 15.4 Å². The SMILES string of the molecule is CN(CC1CCCO1)C(=O)c1ccnc(N)c1F. The van der Waals surface area contributed by atoms with Crippen molar-refractivity contribution in [3.8, 4) is 0 Å². The molecule has 0 bridgehead atoms. The van der Waals surface area contributed by atoms with Gasteiger partial charge in [0.25, 0.3) is 5.91 Å². The smallest absolute Gasteiger partial charge is 0.256 e. The number of hydrogen-bond donors (Lipinski definition) is 1. The monoisotopic (exact) mass is 253 g/mol. The second-order valence-electron chi connectivity index (χ2n) is 4.38. The van der Waals surface area contributed by atoms with Crippen LogP contribution in [0.1, 0.15) is 23.2 Å². The number of ether oxygens (including phenoxy) is 1. The quantitative estimate of drug-likeness (QED) is 0.874. The number of likely N-dealkylation sites (N-methyl/N-ethyl adjacent to an activating group) is 1. The lowest BCUT2D eigenvalue weighted by Gasteiger charge is -2.21. The second kappa shape index (κ2) is 5.30. The number of nitrogen functional groups attached to an aromatic ring is 1. The molecule has 1 amide bonds. The van der Waals surface area contributed by atoms with Crippen molar-refractivity contribution in [2.75, 3.05) is 25.9 Å². The summed E-state index contributed by atoms with van der Waals surface area (Å²) in [5.74, 6) is -1.43. The van der Waals surface area contributed by atoms with Crippen molar-refractivity contribution >= 4 is 11.7 Å². The van der Waals surface area contributed by atoms with Crippen LogP contribution in [0.5, 0.6) is 0 Å². The molecule has 1 aromatic heterocycles. The van der Waals surface area contributed by atoms with Gasteiger partial charge in [-0.2, -0.15) is 0 Å². The number of hydrogen-bond acceptors (Lipinski definition) is 4. The molecule has 1 aromatic rings. The molecular formula is C12H16FN3O2. The van der Waals surface area contributed by atoms with Crippen LogP contribution in [0.25, 0.3) is 0 Å². The van der Waals surface area contributed by atoms with Crippen molar-refractivity contribution < 1.29 is 13.9 Å². The molecule has 0 spiro atoms. The van der Waals surface area contributed by atoms with Crippen LogP contribution >= 0.6 is 0 Å². The maximum atomic E-state index is 13.7. The lowest BCUT2D eigenvalue weighted by Crippen LogP contribution is -2.34. The molecule has 2 rings (SSSR count). The van der Waals surface area contributed by atoms with Gasteiger partial charge in [-0.3, -0.25) is 4.79 Å². The Balaban J connectivity index is 2.07. The number of nitrogens with two attached hydrogens (primary N) is 1. The molecule has 1 atom stereocenters. The fourth-order valence-corrected chi connectivity index (χ4v) is 2.01. The lowest BCUT2D eigenvalue weighted by molar-refractivity contribution is 0.0583. The molecule has 0 aliphatic carbocycles. The molecular weight excluding hydrogens is 237 g/mol. The number of amides is 1. The molecule has 0 radical (unpaired) electrons. The normalized spacial score (nSPS) is 18.9. The number of halogens is 1.